The molecule has 0 amide bonds. The van der Waals surface area contributed by atoms with Crippen LogP contribution in [0.1, 0.15) is 24.0 Å². The third-order valence-corrected chi connectivity index (χ3v) is 3.14. The third-order valence-electron chi connectivity index (χ3n) is 2.24. The zero-order valence-corrected chi connectivity index (χ0v) is 11.4. The van der Waals surface area contributed by atoms with Gasteiger partial charge in [0.2, 0.25) is 0 Å². The zero-order valence-electron chi connectivity index (χ0n) is 7.60. The molecule has 1 aliphatic carbocycles. The van der Waals surface area contributed by atoms with Gasteiger partial charge in [-0.05, 0) is 0 Å². The van der Waals surface area contributed by atoms with Crippen LogP contribution in [0.5, 0.6) is 0 Å². The van der Waals surface area contributed by atoms with Gasteiger partial charge in [0.15, 0.2) is 0 Å². The maximum atomic E-state index is 2.28. The fourth-order valence-electron chi connectivity index (χ4n) is 1.50. The molecule has 1 aromatic carbocycles. The topological polar surface area (TPSA) is 0 Å². The van der Waals surface area contributed by atoms with Crippen LogP contribution in [0.15, 0.2) is 28.1 Å². The van der Waals surface area contributed by atoms with E-state index in [2.05, 4.69) is 57.7 Å². The Balaban J connectivity index is 0. The molecule has 1 aromatic rings. The summed E-state index contributed by atoms with van der Waals surface area (Å²) in [6.07, 6.45) is 2.28. The molecule has 0 saturated carbocycles. The molecular formula is C10H9Cl3Ti. The fraction of sp³-hybridized carbons (Fsp3) is 0.200. The van der Waals surface area contributed by atoms with Gasteiger partial charge in [-0.3, -0.25) is 0 Å². The first-order valence-corrected chi connectivity index (χ1v) is 4.59. The normalized spacial score (nSPS) is 16.8. The number of halogens is 3. The Hall–Kier alpha value is 0.544. The van der Waals surface area contributed by atoms with Gasteiger partial charge in [0.05, 0.1) is 0 Å². The van der Waals surface area contributed by atoms with Gasteiger partial charge in [-0.1, -0.05) is 0 Å². The average Bonchev–Trinajstić information content (AvgIpc) is 2.30. The molecule has 74 valence electrons. The van der Waals surface area contributed by atoms with E-state index in [1.165, 1.54) is 15.0 Å². The quantitative estimate of drug-likeness (QED) is 0.416. The summed E-state index contributed by atoms with van der Waals surface area (Å²) < 4.78 is 1.48. The molecule has 0 radical (unpaired) electrons. The minimum absolute atomic E-state index is 0. The van der Waals surface area contributed by atoms with Gasteiger partial charge in [-0.2, -0.15) is 0 Å². The van der Waals surface area contributed by atoms with Gasteiger partial charge < -0.3 is 37.2 Å². The van der Waals surface area contributed by atoms with Crippen molar-refractivity contribution < 1.29 is 57.7 Å². The van der Waals surface area contributed by atoms with Crippen molar-refractivity contribution in [1.29, 1.82) is 0 Å². The Morgan fingerprint density at radius 1 is 1.07 bits per heavy atom. The summed E-state index contributed by atoms with van der Waals surface area (Å²) in [5.74, 6) is 0.631. The summed E-state index contributed by atoms with van der Waals surface area (Å²) in [4.78, 5) is 0. The number of fused-ring (bicyclic) bond motifs is 1. The van der Waals surface area contributed by atoms with E-state index in [9.17, 15) is 0 Å². The fourth-order valence-corrected chi connectivity index (χ4v) is 1.98. The van der Waals surface area contributed by atoms with Crippen LogP contribution in [0.3, 0.4) is 0 Å². The Morgan fingerprint density at radius 2 is 1.64 bits per heavy atom. The SMILES string of the molecule is CC1[C]([Ti+3])=Cc2ccccc21.[Cl-].[Cl-].[Cl-]. The van der Waals surface area contributed by atoms with Crippen LogP contribution in [-0.4, -0.2) is 0 Å². The molecule has 0 heterocycles. The van der Waals surface area contributed by atoms with Gasteiger partial charge in [0.1, 0.15) is 0 Å². The van der Waals surface area contributed by atoms with Crippen LogP contribution in [0, 0.1) is 0 Å². The molecule has 0 spiro atoms. The molecule has 0 nitrogen and oxygen atoms in total. The minimum atomic E-state index is 0. The second-order valence-electron chi connectivity index (χ2n) is 2.95. The van der Waals surface area contributed by atoms with Crippen molar-refractivity contribution in [1.82, 2.24) is 0 Å². The number of allylic oxidation sites excluding steroid dienone is 1. The van der Waals surface area contributed by atoms with Gasteiger partial charge in [-0.25, -0.2) is 0 Å². The van der Waals surface area contributed by atoms with Gasteiger partial charge in [0, 0.05) is 0 Å². The summed E-state index contributed by atoms with van der Waals surface area (Å²) >= 11 is 2.20. The first kappa shape index (κ1) is 17.0. The van der Waals surface area contributed by atoms with Crippen LogP contribution in [0.2, 0.25) is 0 Å². The van der Waals surface area contributed by atoms with Crippen molar-refractivity contribution in [3.63, 3.8) is 0 Å². The summed E-state index contributed by atoms with van der Waals surface area (Å²) in [6.45, 7) is 2.26. The molecule has 1 atom stereocenters. The summed E-state index contributed by atoms with van der Waals surface area (Å²) in [5.41, 5.74) is 2.88. The van der Waals surface area contributed by atoms with E-state index in [0.29, 0.717) is 5.92 Å². The molecule has 0 N–H and O–H groups in total. The molecule has 0 fully saturated rings. The third kappa shape index (κ3) is 3.02. The molecule has 14 heavy (non-hydrogen) atoms. The van der Waals surface area contributed by atoms with Crippen molar-refractivity contribution in [2.75, 3.05) is 0 Å². The van der Waals surface area contributed by atoms with Crippen LogP contribution in [0.4, 0.5) is 0 Å². The summed E-state index contributed by atoms with van der Waals surface area (Å²) in [5, 5.41) is 0. The Bertz CT molecular complexity index is 323. The van der Waals surface area contributed by atoms with Crippen molar-refractivity contribution in [2.45, 2.75) is 12.8 Å². The van der Waals surface area contributed by atoms with Crippen molar-refractivity contribution in [2.24, 2.45) is 0 Å². The maximum Gasteiger partial charge on any atom is -1.00 e. The molecule has 4 heteroatoms. The zero-order chi connectivity index (χ0) is 7.84. The number of hydrogen-bond donors (Lipinski definition) is 0. The first-order chi connectivity index (χ1) is 5.29. The predicted molar refractivity (Wildman–Crippen MR) is 42.8 cm³/mol. The van der Waals surface area contributed by atoms with Crippen molar-refractivity contribution in [3.05, 3.63) is 39.3 Å². The molecule has 1 unspecified atom stereocenters. The second kappa shape index (κ2) is 6.92. The van der Waals surface area contributed by atoms with Crippen molar-refractivity contribution in [3.8, 4) is 0 Å². The van der Waals surface area contributed by atoms with Crippen LogP contribution < -0.4 is 37.2 Å². The van der Waals surface area contributed by atoms with E-state index in [1.807, 2.05) is 0 Å². The predicted octanol–water partition coefficient (Wildman–Crippen LogP) is -6.30. The van der Waals surface area contributed by atoms with Crippen LogP contribution in [-0.2, 0) is 20.4 Å². The maximum absolute atomic E-state index is 2.28. The molecule has 2 rings (SSSR count). The molecular weight excluding hydrogens is 274 g/mol. The molecule has 0 saturated heterocycles. The van der Waals surface area contributed by atoms with Crippen LogP contribution >= 0.6 is 0 Å². The van der Waals surface area contributed by atoms with Crippen molar-refractivity contribution >= 4 is 6.08 Å². The number of rotatable bonds is 0. The Labute approximate surface area is 115 Å². The Morgan fingerprint density at radius 3 is 2.21 bits per heavy atom. The smallest absolute Gasteiger partial charge is 1.00 e. The summed E-state index contributed by atoms with van der Waals surface area (Å²) in [6, 6.07) is 8.61. The molecule has 1 aliphatic rings. The van der Waals surface area contributed by atoms with Gasteiger partial charge >= 0.3 is 78.6 Å². The van der Waals surface area contributed by atoms with E-state index in [0.717, 1.165) is 0 Å². The van der Waals surface area contributed by atoms with Gasteiger partial charge in [-0.15, -0.1) is 0 Å². The molecule has 0 aliphatic heterocycles. The second-order valence-corrected chi connectivity index (χ2v) is 3.85. The molecule has 0 bridgehead atoms. The first-order valence-electron chi connectivity index (χ1n) is 3.81. The minimum Gasteiger partial charge on any atom is -1.00 e. The molecule has 0 aromatic heterocycles. The van der Waals surface area contributed by atoms with E-state index in [-0.39, 0.29) is 37.2 Å². The summed E-state index contributed by atoms with van der Waals surface area (Å²) in [7, 11) is 0. The number of benzene rings is 1. The van der Waals surface area contributed by atoms with Crippen LogP contribution in [0.25, 0.3) is 6.08 Å². The van der Waals surface area contributed by atoms with E-state index in [4.69, 9.17) is 0 Å². The Kier molecular flexibility index (Phi) is 8.39. The monoisotopic (exact) mass is 282 g/mol. The largest absolute Gasteiger partial charge is 1.00 e. The van der Waals surface area contributed by atoms with E-state index in [1.54, 1.807) is 0 Å². The van der Waals surface area contributed by atoms with E-state index < -0.39 is 0 Å². The number of hydrogen-bond acceptors (Lipinski definition) is 0. The van der Waals surface area contributed by atoms with Gasteiger partial charge in [0.25, 0.3) is 0 Å². The average molecular weight is 283 g/mol. The van der Waals surface area contributed by atoms with E-state index >= 15 is 0 Å². The standard InChI is InChI=1S/C10H9.3ClH.Ti/c1-8-6-7-9-4-2-3-5-10(8)9;;;;/h2-5,7-8H,1H3;3*1H;/q;;;;+3/p-3.